The van der Waals surface area contributed by atoms with E-state index in [-0.39, 0.29) is 11.9 Å². The van der Waals surface area contributed by atoms with E-state index in [1.165, 1.54) is 0 Å². The number of unbranched alkanes of at least 4 members (excludes halogenated alkanes) is 1. The van der Waals surface area contributed by atoms with Gasteiger partial charge in [-0.25, -0.2) is 4.79 Å². The van der Waals surface area contributed by atoms with Crippen LogP contribution in [0.5, 0.6) is 0 Å². The number of nitrogens with zero attached hydrogens (tertiary/aromatic N) is 1. The normalized spacial score (nSPS) is 13.8. The van der Waals surface area contributed by atoms with Crippen molar-refractivity contribution in [1.29, 1.82) is 0 Å². The molecule has 1 aromatic rings. The van der Waals surface area contributed by atoms with Gasteiger partial charge in [0, 0.05) is 37.6 Å². The Labute approximate surface area is 156 Å². The molecule has 3 amide bonds. The molecular weight excluding hydrogens is 328 g/mol. The number of hydrogen-bond donors (Lipinski definition) is 3. The Hall–Kier alpha value is -2.24. The molecule has 0 radical (unpaired) electrons. The van der Waals surface area contributed by atoms with Crippen molar-refractivity contribution in [3.8, 4) is 0 Å². The van der Waals surface area contributed by atoms with E-state index in [1.54, 1.807) is 6.07 Å². The van der Waals surface area contributed by atoms with E-state index < -0.39 is 0 Å². The molecule has 1 aliphatic heterocycles. The number of rotatable bonds is 8. The summed E-state index contributed by atoms with van der Waals surface area (Å²) in [5.74, 6) is 0.301. The van der Waals surface area contributed by atoms with E-state index in [0.717, 1.165) is 44.5 Å². The van der Waals surface area contributed by atoms with E-state index in [4.69, 9.17) is 0 Å². The Morgan fingerprint density at radius 1 is 1.15 bits per heavy atom. The summed E-state index contributed by atoms with van der Waals surface area (Å²) in [6.45, 7) is 9.44. The zero-order valence-electron chi connectivity index (χ0n) is 16.2. The fourth-order valence-corrected chi connectivity index (χ4v) is 2.98. The van der Waals surface area contributed by atoms with Crippen LogP contribution in [0, 0.1) is 5.92 Å². The monoisotopic (exact) mass is 360 g/mol. The molecule has 1 heterocycles. The maximum Gasteiger partial charge on any atom is 0.319 e. The predicted octanol–water partition coefficient (Wildman–Crippen LogP) is 3.59. The standard InChI is InChI=1S/C20H32N4O2/c1-4-5-10-21-20(26)23-16-8-9-18(24-11-6-7-12-24)17(13-16)19(25)22-14-15(2)3/h8-9,13,15H,4-7,10-12,14H2,1-3H3,(H,22,25)(H2,21,23,26). The van der Waals surface area contributed by atoms with Gasteiger partial charge in [0.2, 0.25) is 0 Å². The van der Waals surface area contributed by atoms with Crippen molar-refractivity contribution in [1.82, 2.24) is 10.6 Å². The Morgan fingerprint density at radius 3 is 2.54 bits per heavy atom. The summed E-state index contributed by atoms with van der Waals surface area (Å²) in [4.78, 5) is 26.9. The van der Waals surface area contributed by atoms with E-state index in [1.807, 2.05) is 12.1 Å². The Morgan fingerprint density at radius 2 is 1.88 bits per heavy atom. The van der Waals surface area contributed by atoms with Gasteiger partial charge in [-0.3, -0.25) is 4.79 Å². The van der Waals surface area contributed by atoms with Crippen LogP contribution in [-0.2, 0) is 0 Å². The van der Waals surface area contributed by atoms with Gasteiger partial charge in [-0.05, 0) is 43.4 Å². The van der Waals surface area contributed by atoms with Gasteiger partial charge in [0.25, 0.3) is 5.91 Å². The first-order chi connectivity index (χ1) is 12.5. The van der Waals surface area contributed by atoms with Crippen LogP contribution in [0.15, 0.2) is 18.2 Å². The number of anilines is 2. The molecular formula is C20H32N4O2. The SMILES string of the molecule is CCCCNC(=O)Nc1ccc(N2CCCC2)c(C(=O)NCC(C)C)c1. The fourth-order valence-electron chi connectivity index (χ4n) is 2.98. The second-order valence-corrected chi connectivity index (χ2v) is 7.26. The summed E-state index contributed by atoms with van der Waals surface area (Å²) in [6.07, 6.45) is 4.27. The third-order valence-corrected chi connectivity index (χ3v) is 4.43. The molecule has 0 atom stereocenters. The summed E-state index contributed by atoms with van der Waals surface area (Å²) < 4.78 is 0. The van der Waals surface area contributed by atoms with Crippen LogP contribution in [0.25, 0.3) is 0 Å². The average Bonchev–Trinajstić information content (AvgIpc) is 3.14. The van der Waals surface area contributed by atoms with Gasteiger partial charge in [-0.15, -0.1) is 0 Å². The lowest BCUT2D eigenvalue weighted by atomic mass is 10.1. The first-order valence-corrected chi connectivity index (χ1v) is 9.73. The molecule has 0 aromatic heterocycles. The van der Waals surface area contributed by atoms with Gasteiger partial charge in [0.05, 0.1) is 5.56 Å². The highest BCUT2D eigenvalue weighted by molar-refractivity contribution is 6.02. The zero-order valence-corrected chi connectivity index (χ0v) is 16.2. The number of benzene rings is 1. The maximum atomic E-state index is 12.7. The molecule has 1 fully saturated rings. The lowest BCUT2D eigenvalue weighted by Gasteiger charge is -2.22. The average molecular weight is 361 g/mol. The number of hydrogen-bond acceptors (Lipinski definition) is 3. The molecule has 0 spiro atoms. The second-order valence-electron chi connectivity index (χ2n) is 7.26. The highest BCUT2D eigenvalue weighted by Crippen LogP contribution is 2.27. The van der Waals surface area contributed by atoms with Crippen LogP contribution in [0.1, 0.15) is 56.8 Å². The van der Waals surface area contributed by atoms with Crippen molar-refractivity contribution in [2.75, 3.05) is 36.4 Å². The van der Waals surface area contributed by atoms with Crippen LogP contribution >= 0.6 is 0 Å². The van der Waals surface area contributed by atoms with Crippen LogP contribution in [0.2, 0.25) is 0 Å². The van der Waals surface area contributed by atoms with Gasteiger partial charge in [0.15, 0.2) is 0 Å². The largest absolute Gasteiger partial charge is 0.371 e. The van der Waals surface area contributed by atoms with Crippen molar-refractivity contribution in [3.63, 3.8) is 0 Å². The highest BCUT2D eigenvalue weighted by Gasteiger charge is 2.20. The molecule has 26 heavy (non-hydrogen) atoms. The number of amides is 3. The number of nitrogens with one attached hydrogen (secondary N) is 3. The maximum absolute atomic E-state index is 12.7. The predicted molar refractivity (Wildman–Crippen MR) is 107 cm³/mol. The molecule has 0 saturated carbocycles. The minimum absolute atomic E-state index is 0.0874. The number of urea groups is 1. The van der Waals surface area contributed by atoms with Gasteiger partial charge >= 0.3 is 6.03 Å². The third kappa shape index (κ3) is 5.93. The highest BCUT2D eigenvalue weighted by atomic mass is 16.2. The van der Waals surface area contributed by atoms with E-state index >= 15 is 0 Å². The molecule has 6 nitrogen and oxygen atoms in total. The van der Waals surface area contributed by atoms with E-state index in [9.17, 15) is 9.59 Å². The van der Waals surface area contributed by atoms with Crippen LogP contribution in [-0.4, -0.2) is 38.1 Å². The molecule has 0 unspecified atom stereocenters. The fraction of sp³-hybridized carbons (Fsp3) is 0.600. The zero-order chi connectivity index (χ0) is 18.9. The lowest BCUT2D eigenvalue weighted by molar-refractivity contribution is 0.0949. The van der Waals surface area contributed by atoms with Gasteiger partial charge in [-0.1, -0.05) is 27.2 Å². The molecule has 144 valence electrons. The van der Waals surface area contributed by atoms with Crippen LogP contribution < -0.4 is 20.9 Å². The third-order valence-electron chi connectivity index (χ3n) is 4.43. The molecule has 0 bridgehead atoms. The summed E-state index contributed by atoms with van der Waals surface area (Å²) in [5, 5.41) is 8.65. The quantitative estimate of drug-likeness (QED) is 0.620. The number of carbonyl (C=O) groups excluding carboxylic acids is 2. The number of carbonyl (C=O) groups is 2. The van der Waals surface area contributed by atoms with Crippen molar-refractivity contribution in [2.24, 2.45) is 5.92 Å². The summed E-state index contributed by atoms with van der Waals surface area (Å²) in [7, 11) is 0. The second kappa shape index (κ2) is 10.0. The van der Waals surface area contributed by atoms with Crippen molar-refractivity contribution in [3.05, 3.63) is 23.8 Å². The molecule has 1 aliphatic rings. The van der Waals surface area contributed by atoms with Crippen molar-refractivity contribution >= 4 is 23.3 Å². The van der Waals surface area contributed by atoms with Gasteiger partial charge in [0.1, 0.15) is 0 Å². The smallest absolute Gasteiger partial charge is 0.319 e. The van der Waals surface area contributed by atoms with E-state index in [2.05, 4.69) is 41.6 Å². The minimum atomic E-state index is -0.235. The molecule has 2 rings (SSSR count). The van der Waals surface area contributed by atoms with E-state index in [0.29, 0.717) is 30.3 Å². The van der Waals surface area contributed by atoms with Crippen molar-refractivity contribution in [2.45, 2.75) is 46.5 Å². The minimum Gasteiger partial charge on any atom is -0.371 e. The first-order valence-electron chi connectivity index (χ1n) is 9.73. The molecule has 1 saturated heterocycles. The van der Waals surface area contributed by atoms with Crippen LogP contribution in [0.4, 0.5) is 16.2 Å². The topological polar surface area (TPSA) is 73.5 Å². The van der Waals surface area contributed by atoms with Gasteiger partial charge in [-0.2, -0.15) is 0 Å². The Bertz CT molecular complexity index is 610. The van der Waals surface area contributed by atoms with Gasteiger partial charge < -0.3 is 20.9 Å². The van der Waals surface area contributed by atoms with Crippen molar-refractivity contribution < 1.29 is 9.59 Å². The Balaban J connectivity index is 2.14. The molecule has 0 aliphatic carbocycles. The summed E-state index contributed by atoms with van der Waals surface area (Å²) in [6, 6.07) is 5.35. The molecule has 1 aromatic carbocycles. The molecule has 6 heteroatoms. The Kier molecular flexibility index (Phi) is 7.75. The summed E-state index contributed by atoms with van der Waals surface area (Å²) >= 11 is 0. The first kappa shape index (κ1) is 20.1. The summed E-state index contributed by atoms with van der Waals surface area (Å²) in [5.41, 5.74) is 2.20. The van der Waals surface area contributed by atoms with Crippen LogP contribution in [0.3, 0.4) is 0 Å². The molecule has 3 N–H and O–H groups in total. The lowest BCUT2D eigenvalue weighted by Crippen LogP contribution is -2.31.